The standard InChI is InChI=1S/C20H23FN2O2S/c1-13-16-9-12-26-18(16)8-10-23(13)20(24)22-19(17-3-2-11-25-17)14-4-6-15(21)7-5-14/h4-7,9,12-13,17,19H,2-3,8,10-11H2,1H3,(H,22,24)/t13-,17+,19-/m1/s1. The number of rotatable bonds is 3. The predicted octanol–water partition coefficient (Wildman–Crippen LogP) is 4.44. The van der Waals surface area contributed by atoms with Crippen LogP contribution >= 0.6 is 11.3 Å². The molecule has 4 nitrogen and oxygen atoms in total. The highest BCUT2D eigenvalue weighted by atomic mass is 32.1. The van der Waals surface area contributed by atoms with Crippen molar-refractivity contribution < 1.29 is 13.9 Å². The molecule has 0 saturated carbocycles. The molecule has 0 radical (unpaired) electrons. The topological polar surface area (TPSA) is 41.6 Å². The highest BCUT2D eigenvalue weighted by molar-refractivity contribution is 7.10. The molecule has 26 heavy (non-hydrogen) atoms. The molecule has 2 amide bonds. The average molecular weight is 374 g/mol. The number of hydrogen-bond donors (Lipinski definition) is 1. The summed E-state index contributed by atoms with van der Waals surface area (Å²) in [6.45, 7) is 3.49. The zero-order chi connectivity index (χ0) is 18.1. The summed E-state index contributed by atoms with van der Waals surface area (Å²) in [5.41, 5.74) is 2.12. The lowest BCUT2D eigenvalue weighted by Crippen LogP contribution is -2.47. The van der Waals surface area contributed by atoms with Gasteiger partial charge in [-0.25, -0.2) is 9.18 Å². The fraction of sp³-hybridized carbons (Fsp3) is 0.450. The molecule has 1 N–H and O–H groups in total. The van der Waals surface area contributed by atoms with Crippen molar-refractivity contribution in [2.75, 3.05) is 13.2 Å². The zero-order valence-electron chi connectivity index (χ0n) is 14.8. The van der Waals surface area contributed by atoms with Crippen LogP contribution in [0.1, 0.15) is 47.9 Å². The van der Waals surface area contributed by atoms with Crippen LogP contribution in [-0.2, 0) is 11.2 Å². The smallest absolute Gasteiger partial charge is 0.318 e. The van der Waals surface area contributed by atoms with Crippen LogP contribution < -0.4 is 5.32 Å². The molecule has 0 bridgehead atoms. The lowest BCUT2D eigenvalue weighted by atomic mass is 9.98. The Morgan fingerprint density at radius 3 is 2.88 bits per heavy atom. The SMILES string of the molecule is C[C@@H]1c2ccsc2CCN1C(=O)N[C@H](c1ccc(F)cc1)[C@@H]1CCCO1. The molecule has 0 aliphatic carbocycles. The van der Waals surface area contributed by atoms with Crippen LogP contribution in [0.3, 0.4) is 0 Å². The number of fused-ring (bicyclic) bond motifs is 1. The third kappa shape index (κ3) is 3.35. The number of urea groups is 1. The molecule has 3 heterocycles. The number of amides is 2. The van der Waals surface area contributed by atoms with Crippen LogP contribution in [0, 0.1) is 5.82 Å². The van der Waals surface area contributed by atoms with E-state index in [1.165, 1.54) is 22.6 Å². The number of thiophene rings is 1. The minimum Gasteiger partial charge on any atom is -0.376 e. The maximum atomic E-state index is 13.3. The molecular formula is C20H23FN2O2S. The fourth-order valence-electron chi connectivity index (χ4n) is 3.93. The number of ether oxygens (including phenoxy) is 1. The van der Waals surface area contributed by atoms with Gasteiger partial charge in [0.25, 0.3) is 0 Å². The molecule has 3 atom stereocenters. The van der Waals surface area contributed by atoms with Crippen molar-refractivity contribution in [2.24, 2.45) is 0 Å². The molecule has 1 saturated heterocycles. The molecule has 4 rings (SSSR count). The van der Waals surface area contributed by atoms with Gasteiger partial charge in [0.05, 0.1) is 18.2 Å². The van der Waals surface area contributed by atoms with Gasteiger partial charge in [-0.2, -0.15) is 0 Å². The number of halogens is 1. The third-order valence-electron chi connectivity index (χ3n) is 5.38. The lowest BCUT2D eigenvalue weighted by Gasteiger charge is -2.36. The van der Waals surface area contributed by atoms with E-state index in [9.17, 15) is 9.18 Å². The normalized spacial score (nSPS) is 23.5. The second-order valence-electron chi connectivity index (χ2n) is 6.95. The number of carbonyl (C=O) groups excluding carboxylic acids is 1. The van der Waals surface area contributed by atoms with Gasteiger partial charge in [0, 0.05) is 18.0 Å². The first-order valence-corrected chi connectivity index (χ1v) is 10.0. The number of hydrogen-bond acceptors (Lipinski definition) is 3. The second kappa shape index (κ2) is 7.37. The van der Waals surface area contributed by atoms with Crippen molar-refractivity contribution in [3.63, 3.8) is 0 Å². The molecule has 1 aromatic carbocycles. The van der Waals surface area contributed by atoms with Crippen LogP contribution in [0.25, 0.3) is 0 Å². The van der Waals surface area contributed by atoms with Crippen LogP contribution in [0.2, 0.25) is 0 Å². The Hall–Kier alpha value is -1.92. The number of benzene rings is 1. The monoisotopic (exact) mass is 374 g/mol. The number of nitrogens with zero attached hydrogens (tertiary/aromatic N) is 1. The van der Waals surface area contributed by atoms with Crippen molar-refractivity contribution in [1.29, 1.82) is 0 Å². The van der Waals surface area contributed by atoms with E-state index in [0.717, 1.165) is 24.8 Å². The summed E-state index contributed by atoms with van der Waals surface area (Å²) in [4.78, 5) is 16.3. The summed E-state index contributed by atoms with van der Waals surface area (Å²) in [5, 5.41) is 5.25. The Kier molecular flexibility index (Phi) is 4.96. The second-order valence-corrected chi connectivity index (χ2v) is 7.95. The molecule has 2 aliphatic heterocycles. The van der Waals surface area contributed by atoms with Crippen molar-refractivity contribution in [3.05, 3.63) is 57.5 Å². The maximum absolute atomic E-state index is 13.3. The Labute approximate surface area is 157 Å². The van der Waals surface area contributed by atoms with Gasteiger partial charge in [0.15, 0.2) is 0 Å². The maximum Gasteiger partial charge on any atom is 0.318 e. The van der Waals surface area contributed by atoms with Gasteiger partial charge in [0.2, 0.25) is 0 Å². The molecule has 0 spiro atoms. The summed E-state index contributed by atoms with van der Waals surface area (Å²) >= 11 is 1.76. The molecule has 138 valence electrons. The molecule has 2 aromatic rings. The molecule has 1 fully saturated rings. The highest BCUT2D eigenvalue weighted by Crippen LogP contribution is 2.34. The van der Waals surface area contributed by atoms with E-state index in [2.05, 4.69) is 23.7 Å². The Bertz CT molecular complexity index is 770. The summed E-state index contributed by atoms with van der Waals surface area (Å²) in [6, 6.07) is 8.16. The van der Waals surface area contributed by atoms with Gasteiger partial charge in [0.1, 0.15) is 5.82 Å². The van der Waals surface area contributed by atoms with Gasteiger partial charge in [-0.05, 0) is 60.9 Å². The highest BCUT2D eigenvalue weighted by Gasteiger charge is 2.33. The van der Waals surface area contributed by atoms with Crippen LogP contribution in [-0.4, -0.2) is 30.2 Å². The largest absolute Gasteiger partial charge is 0.376 e. The molecule has 6 heteroatoms. The fourth-order valence-corrected chi connectivity index (χ4v) is 4.89. The van der Waals surface area contributed by atoms with Gasteiger partial charge >= 0.3 is 6.03 Å². The van der Waals surface area contributed by atoms with Crippen LogP contribution in [0.4, 0.5) is 9.18 Å². The van der Waals surface area contributed by atoms with E-state index >= 15 is 0 Å². The van der Waals surface area contributed by atoms with E-state index in [4.69, 9.17) is 4.74 Å². The first-order chi connectivity index (χ1) is 12.6. The van der Waals surface area contributed by atoms with E-state index in [1.54, 1.807) is 23.5 Å². The lowest BCUT2D eigenvalue weighted by molar-refractivity contribution is 0.0764. The quantitative estimate of drug-likeness (QED) is 0.863. The van der Waals surface area contributed by atoms with Gasteiger partial charge in [-0.3, -0.25) is 0 Å². The van der Waals surface area contributed by atoms with E-state index in [0.29, 0.717) is 13.2 Å². The summed E-state index contributed by atoms with van der Waals surface area (Å²) in [5.74, 6) is -0.277. The van der Waals surface area contributed by atoms with Gasteiger partial charge < -0.3 is 15.0 Å². The summed E-state index contributed by atoms with van der Waals surface area (Å²) in [7, 11) is 0. The molecule has 2 aliphatic rings. The number of carbonyl (C=O) groups is 1. The van der Waals surface area contributed by atoms with E-state index in [1.807, 2.05) is 4.90 Å². The van der Waals surface area contributed by atoms with Crippen molar-refractivity contribution in [3.8, 4) is 0 Å². The number of nitrogens with one attached hydrogen (secondary N) is 1. The Morgan fingerprint density at radius 2 is 2.15 bits per heavy atom. The van der Waals surface area contributed by atoms with Crippen LogP contribution in [0.15, 0.2) is 35.7 Å². The van der Waals surface area contributed by atoms with Crippen molar-refractivity contribution >= 4 is 17.4 Å². The van der Waals surface area contributed by atoms with Gasteiger partial charge in [-0.15, -0.1) is 11.3 Å². The molecular weight excluding hydrogens is 351 g/mol. The Balaban J connectivity index is 1.53. The summed E-state index contributed by atoms with van der Waals surface area (Å²) < 4.78 is 19.1. The van der Waals surface area contributed by atoms with E-state index < -0.39 is 0 Å². The van der Waals surface area contributed by atoms with Crippen molar-refractivity contribution in [2.45, 2.75) is 44.4 Å². The first kappa shape index (κ1) is 17.5. The average Bonchev–Trinajstić information content (AvgIpc) is 3.33. The Morgan fingerprint density at radius 1 is 1.35 bits per heavy atom. The van der Waals surface area contributed by atoms with Gasteiger partial charge in [-0.1, -0.05) is 12.1 Å². The van der Waals surface area contributed by atoms with E-state index in [-0.39, 0.29) is 30.0 Å². The molecule has 0 unspecified atom stereocenters. The van der Waals surface area contributed by atoms with Crippen LogP contribution in [0.5, 0.6) is 0 Å². The zero-order valence-corrected chi connectivity index (χ0v) is 15.6. The third-order valence-corrected chi connectivity index (χ3v) is 6.38. The van der Waals surface area contributed by atoms with Crippen molar-refractivity contribution in [1.82, 2.24) is 10.2 Å². The summed E-state index contributed by atoms with van der Waals surface area (Å²) in [6.07, 6.45) is 2.70. The minimum absolute atomic E-state index is 0.0587. The predicted molar refractivity (Wildman–Crippen MR) is 99.8 cm³/mol. The first-order valence-electron chi connectivity index (χ1n) is 9.14. The minimum atomic E-state index is -0.277. The molecule has 1 aromatic heterocycles.